The van der Waals surface area contributed by atoms with Gasteiger partial charge >= 0.3 is 0 Å². The Labute approximate surface area is 95.4 Å². The second-order valence-electron chi connectivity index (χ2n) is 3.54. The van der Waals surface area contributed by atoms with Crippen molar-refractivity contribution in [3.8, 4) is 0 Å². The zero-order chi connectivity index (χ0) is 12.2. The molecule has 7 heteroatoms. The van der Waals surface area contributed by atoms with Crippen LogP contribution in [0.15, 0.2) is 11.1 Å². The quantitative estimate of drug-likeness (QED) is 0.763. The third-order valence-electron chi connectivity index (χ3n) is 2.00. The molecule has 0 aromatic carbocycles. The third-order valence-corrected chi connectivity index (χ3v) is 3.70. The number of aromatic nitrogens is 2. The lowest BCUT2D eigenvalue weighted by Crippen LogP contribution is -2.36. The lowest BCUT2D eigenvalue weighted by atomic mass is 10.4. The van der Waals surface area contributed by atoms with E-state index in [-0.39, 0.29) is 10.9 Å². The van der Waals surface area contributed by atoms with Crippen LogP contribution < -0.4 is 4.72 Å². The summed E-state index contributed by atoms with van der Waals surface area (Å²) >= 11 is 0. The minimum absolute atomic E-state index is 0.177. The maximum absolute atomic E-state index is 11.9. The topological polar surface area (TPSA) is 84.1 Å². The van der Waals surface area contributed by atoms with Crippen LogP contribution in [0.4, 0.5) is 0 Å². The van der Waals surface area contributed by atoms with Gasteiger partial charge in [-0.1, -0.05) is 0 Å². The van der Waals surface area contributed by atoms with Crippen LogP contribution in [0, 0.1) is 6.92 Å². The molecule has 0 radical (unpaired) electrons. The number of nitrogens with zero attached hydrogens (tertiary/aromatic N) is 1. The fourth-order valence-electron chi connectivity index (χ4n) is 1.27. The average molecular weight is 247 g/mol. The van der Waals surface area contributed by atoms with E-state index in [1.807, 2.05) is 6.92 Å². The Hall–Kier alpha value is -0.920. The molecule has 1 heterocycles. The zero-order valence-corrected chi connectivity index (χ0v) is 10.5. The van der Waals surface area contributed by atoms with Crippen LogP contribution in [0.5, 0.6) is 0 Å². The van der Waals surface area contributed by atoms with E-state index in [0.717, 1.165) is 0 Å². The summed E-state index contributed by atoms with van der Waals surface area (Å²) in [7, 11) is -3.50. The van der Waals surface area contributed by atoms with E-state index in [0.29, 0.717) is 18.9 Å². The average Bonchev–Trinajstić information content (AvgIpc) is 2.61. The molecule has 1 unspecified atom stereocenters. The number of ether oxygens (including phenoxy) is 1. The first-order valence-corrected chi connectivity index (χ1v) is 6.55. The van der Waals surface area contributed by atoms with Gasteiger partial charge in [0.05, 0.1) is 18.5 Å². The molecule has 1 aromatic heterocycles. The molecule has 0 fully saturated rings. The molecule has 0 spiro atoms. The monoisotopic (exact) mass is 247 g/mol. The number of aryl methyl sites for hydroxylation is 1. The van der Waals surface area contributed by atoms with Crippen LogP contribution in [0.2, 0.25) is 0 Å². The van der Waals surface area contributed by atoms with E-state index in [1.54, 1.807) is 13.8 Å². The van der Waals surface area contributed by atoms with Crippen molar-refractivity contribution >= 4 is 10.0 Å². The van der Waals surface area contributed by atoms with E-state index >= 15 is 0 Å². The highest BCUT2D eigenvalue weighted by Crippen LogP contribution is 2.11. The molecular formula is C9H17N3O3S. The van der Waals surface area contributed by atoms with Crippen molar-refractivity contribution in [2.45, 2.75) is 31.7 Å². The van der Waals surface area contributed by atoms with Crippen LogP contribution in [0.1, 0.15) is 19.5 Å². The first-order valence-electron chi connectivity index (χ1n) is 5.07. The number of rotatable bonds is 6. The summed E-state index contributed by atoms with van der Waals surface area (Å²) in [4.78, 5) is 0.177. The Balaban J connectivity index is 2.69. The highest BCUT2D eigenvalue weighted by molar-refractivity contribution is 7.89. The highest BCUT2D eigenvalue weighted by atomic mass is 32.2. The molecule has 0 aliphatic heterocycles. The molecule has 0 bridgehead atoms. The van der Waals surface area contributed by atoms with Crippen molar-refractivity contribution in [3.63, 3.8) is 0 Å². The predicted octanol–water partition coefficient (Wildman–Crippen LogP) is 0.421. The summed E-state index contributed by atoms with van der Waals surface area (Å²) < 4.78 is 31.4. The van der Waals surface area contributed by atoms with Gasteiger partial charge in [0.1, 0.15) is 4.90 Å². The molecule has 0 saturated heterocycles. The molecule has 1 atom stereocenters. The Kier molecular flexibility index (Phi) is 4.45. The maximum Gasteiger partial charge on any atom is 0.244 e. The van der Waals surface area contributed by atoms with Crippen LogP contribution >= 0.6 is 0 Å². The Morgan fingerprint density at radius 3 is 2.81 bits per heavy atom. The SMILES string of the molecule is CCOCC(C)NS(=O)(=O)c1cn[nH]c1C. The van der Waals surface area contributed by atoms with Gasteiger partial charge < -0.3 is 4.74 Å². The Bertz CT molecular complexity index is 427. The summed E-state index contributed by atoms with van der Waals surface area (Å²) in [5.41, 5.74) is 0.524. The molecule has 0 saturated carbocycles. The smallest absolute Gasteiger partial charge is 0.244 e. The normalized spacial score (nSPS) is 13.9. The maximum atomic E-state index is 11.9. The molecule has 0 aliphatic carbocycles. The fraction of sp³-hybridized carbons (Fsp3) is 0.667. The Morgan fingerprint density at radius 1 is 1.62 bits per heavy atom. The van der Waals surface area contributed by atoms with Crippen LogP contribution in [-0.2, 0) is 14.8 Å². The van der Waals surface area contributed by atoms with Crippen molar-refractivity contribution in [1.82, 2.24) is 14.9 Å². The van der Waals surface area contributed by atoms with Crippen LogP contribution in [0.25, 0.3) is 0 Å². The minimum Gasteiger partial charge on any atom is -0.380 e. The molecule has 0 amide bonds. The summed E-state index contributed by atoms with van der Waals surface area (Å²) in [6, 6.07) is -0.265. The van der Waals surface area contributed by atoms with E-state index in [1.165, 1.54) is 6.20 Å². The lowest BCUT2D eigenvalue weighted by Gasteiger charge is -2.13. The number of H-pyrrole nitrogens is 1. The van der Waals surface area contributed by atoms with Crippen molar-refractivity contribution in [1.29, 1.82) is 0 Å². The van der Waals surface area contributed by atoms with E-state index in [4.69, 9.17) is 4.74 Å². The fourth-order valence-corrected chi connectivity index (χ4v) is 2.63. The van der Waals surface area contributed by atoms with Gasteiger partial charge in [-0.05, 0) is 20.8 Å². The number of hydrogen-bond acceptors (Lipinski definition) is 4. The number of sulfonamides is 1. The van der Waals surface area contributed by atoms with Crippen LogP contribution in [0.3, 0.4) is 0 Å². The van der Waals surface area contributed by atoms with E-state index < -0.39 is 10.0 Å². The van der Waals surface area contributed by atoms with Crippen molar-refractivity contribution in [2.75, 3.05) is 13.2 Å². The number of nitrogens with one attached hydrogen (secondary N) is 2. The number of hydrogen-bond donors (Lipinski definition) is 2. The van der Waals surface area contributed by atoms with Crippen molar-refractivity contribution in [2.24, 2.45) is 0 Å². The van der Waals surface area contributed by atoms with Gasteiger partial charge in [-0.25, -0.2) is 13.1 Å². The number of aromatic amines is 1. The second kappa shape index (κ2) is 5.42. The third kappa shape index (κ3) is 3.29. The predicted molar refractivity (Wildman–Crippen MR) is 59.6 cm³/mol. The molecule has 2 N–H and O–H groups in total. The molecule has 1 rings (SSSR count). The summed E-state index contributed by atoms with van der Waals surface area (Å²) in [6.45, 7) is 6.20. The van der Waals surface area contributed by atoms with Crippen molar-refractivity contribution in [3.05, 3.63) is 11.9 Å². The first kappa shape index (κ1) is 13.1. The van der Waals surface area contributed by atoms with Gasteiger partial charge in [0.2, 0.25) is 10.0 Å². The molecule has 1 aromatic rings. The lowest BCUT2D eigenvalue weighted by molar-refractivity contribution is 0.133. The van der Waals surface area contributed by atoms with E-state index in [2.05, 4.69) is 14.9 Å². The second-order valence-corrected chi connectivity index (χ2v) is 5.22. The summed E-state index contributed by atoms with van der Waals surface area (Å²) in [5.74, 6) is 0. The Morgan fingerprint density at radius 2 is 2.31 bits per heavy atom. The molecule has 92 valence electrons. The molecule has 6 nitrogen and oxygen atoms in total. The minimum atomic E-state index is -3.50. The van der Waals surface area contributed by atoms with Crippen molar-refractivity contribution < 1.29 is 13.2 Å². The highest BCUT2D eigenvalue weighted by Gasteiger charge is 2.20. The van der Waals surface area contributed by atoms with Gasteiger partial charge in [0.25, 0.3) is 0 Å². The summed E-state index contributed by atoms with van der Waals surface area (Å²) in [5, 5.41) is 6.27. The van der Waals surface area contributed by atoms with Gasteiger partial charge in [0.15, 0.2) is 0 Å². The van der Waals surface area contributed by atoms with Gasteiger partial charge in [-0.3, -0.25) is 5.10 Å². The molecule has 16 heavy (non-hydrogen) atoms. The molecular weight excluding hydrogens is 230 g/mol. The van der Waals surface area contributed by atoms with Crippen LogP contribution in [-0.4, -0.2) is 37.9 Å². The molecule has 0 aliphatic rings. The first-order chi connectivity index (χ1) is 7.47. The zero-order valence-electron chi connectivity index (χ0n) is 9.65. The summed E-state index contributed by atoms with van der Waals surface area (Å²) in [6.07, 6.45) is 1.30. The van der Waals surface area contributed by atoms with Gasteiger partial charge in [-0.2, -0.15) is 5.10 Å². The van der Waals surface area contributed by atoms with Gasteiger partial charge in [-0.15, -0.1) is 0 Å². The van der Waals surface area contributed by atoms with E-state index in [9.17, 15) is 8.42 Å². The standard InChI is InChI=1S/C9H17N3O3S/c1-4-15-6-7(2)12-16(13,14)9-5-10-11-8(9)3/h5,7,12H,4,6H2,1-3H3,(H,10,11). The largest absolute Gasteiger partial charge is 0.380 e. The van der Waals surface area contributed by atoms with Gasteiger partial charge in [0, 0.05) is 12.6 Å².